The number of hydrogen-bond donors (Lipinski definition) is 1. The highest BCUT2D eigenvalue weighted by atomic mass is 32.2. The van der Waals surface area contributed by atoms with Crippen LogP contribution in [-0.2, 0) is 16.6 Å². The van der Waals surface area contributed by atoms with Gasteiger partial charge in [-0.25, -0.2) is 13.1 Å². The Morgan fingerprint density at radius 3 is 2.58 bits per heavy atom. The lowest BCUT2D eigenvalue weighted by atomic mass is 10.2. The smallest absolute Gasteiger partial charge is 0.299 e. The molecule has 0 atom stereocenters. The SMILES string of the molecule is CCn1c(=O)sc2cc(S(=O)(=O)NCCSc3ccc(C)cc3)ccc21. The zero-order chi connectivity index (χ0) is 18.7. The van der Waals surface area contributed by atoms with Crippen molar-refractivity contribution in [2.75, 3.05) is 12.3 Å². The highest BCUT2D eigenvalue weighted by molar-refractivity contribution is 7.99. The van der Waals surface area contributed by atoms with Crippen molar-refractivity contribution in [3.05, 3.63) is 57.7 Å². The van der Waals surface area contributed by atoms with Gasteiger partial charge in [-0.2, -0.15) is 0 Å². The fraction of sp³-hybridized carbons (Fsp3) is 0.278. The minimum Gasteiger partial charge on any atom is -0.299 e. The number of aryl methyl sites for hydroxylation is 2. The van der Waals surface area contributed by atoms with Gasteiger partial charge in [-0.05, 0) is 44.2 Å². The fourth-order valence-corrected chi connectivity index (χ4v) is 5.60. The van der Waals surface area contributed by atoms with E-state index in [1.807, 2.05) is 38.1 Å². The molecule has 0 bridgehead atoms. The second-order valence-corrected chi connectivity index (χ2v) is 9.73. The van der Waals surface area contributed by atoms with Gasteiger partial charge in [0.05, 0.1) is 15.1 Å². The second-order valence-electron chi connectivity index (χ2n) is 5.80. The molecule has 2 aromatic carbocycles. The standard InChI is InChI=1S/C18H20N2O3S3/c1-3-20-16-9-8-15(12-17(16)25-18(20)21)26(22,23)19-10-11-24-14-6-4-13(2)5-7-14/h4-9,12,19H,3,10-11H2,1-2H3. The summed E-state index contributed by atoms with van der Waals surface area (Å²) in [6.07, 6.45) is 0. The predicted octanol–water partition coefficient (Wildman–Crippen LogP) is 3.46. The maximum atomic E-state index is 12.5. The molecule has 0 spiro atoms. The van der Waals surface area contributed by atoms with Gasteiger partial charge < -0.3 is 0 Å². The molecule has 5 nitrogen and oxygen atoms in total. The van der Waals surface area contributed by atoms with Crippen molar-refractivity contribution in [3.8, 4) is 0 Å². The Labute approximate surface area is 161 Å². The van der Waals surface area contributed by atoms with E-state index in [-0.39, 0.29) is 9.77 Å². The van der Waals surface area contributed by atoms with Crippen molar-refractivity contribution in [2.24, 2.45) is 0 Å². The molecule has 0 aliphatic carbocycles. The molecule has 1 N–H and O–H groups in total. The van der Waals surface area contributed by atoms with Crippen LogP contribution in [-0.4, -0.2) is 25.3 Å². The molecule has 0 amide bonds. The van der Waals surface area contributed by atoms with Crippen LogP contribution in [0, 0.1) is 6.92 Å². The lowest BCUT2D eigenvalue weighted by molar-refractivity contribution is 0.584. The summed E-state index contributed by atoms with van der Waals surface area (Å²) in [4.78, 5) is 13.1. The maximum Gasteiger partial charge on any atom is 0.308 e. The molecule has 1 heterocycles. The Bertz CT molecular complexity index is 1070. The largest absolute Gasteiger partial charge is 0.308 e. The Balaban J connectivity index is 1.67. The number of nitrogens with zero attached hydrogens (tertiary/aromatic N) is 1. The van der Waals surface area contributed by atoms with Crippen LogP contribution in [0.25, 0.3) is 10.2 Å². The van der Waals surface area contributed by atoms with Crippen LogP contribution in [0.1, 0.15) is 12.5 Å². The monoisotopic (exact) mass is 408 g/mol. The molecule has 0 radical (unpaired) electrons. The first-order chi connectivity index (χ1) is 12.4. The van der Waals surface area contributed by atoms with Crippen molar-refractivity contribution >= 4 is 43.3 Å². The summed E-state index contributed by atoms with van der Waals surface area (Å²) < 4.78 is 29.9. The minimum absolute atomic E-state index is 0.0699. The summed E-state index contributed by atoms with van der Waals surface area (Å²) in [6, 6.07) is 13.0. The highest BCUT2D eigenvalue weighted by Crippen LogP contribution is 2.22. The first-order valence-corrected chi connectivity index (χ1v) is 11.5. The topological polar surface area (TPSA) is 68.2 Å². The Morgan fingerprint density at radius 1 is 1.15 bits per heavy atom. The minimum atomic E-state index is -3.59. The molecule has 0 aliphatic rings. The number of benzene rings is 2. The first kappa shape index (κ1) is 19.2. The summed E-state index contributed by atoms with van der Waals surface area (Å²) in [7, 11) is -3.59. The number of fused-ring (bicyclic) bond motifs is 1. The fourth-order valence-electron chi connectivity index (χ4n) is 2.58. The summed E-state index contributed by atoms with van der Waals surface area (Å²) in [5.41, 5.74) is 1.97. The van der Waals surface area contributed by atoms with E-state index in [9.17, 15) is 13.2 Å². The Hall–Kier alpha value is -1.61. The van der Waals surface area contributed by atoms with E-state index in [0.29, 0.717) is 23.5 Å². The van der Waals surface area contributed by atoms with Crippen molar-refractivity contribution in [1.82, 2.24) is 9.29 Å². The maximum absolute atomic E-state index is 12.5. The number of thioether (sulfide) groups is 1. The number of nitrogens with one attached hydrogen (secondary N) is 1. The van der Waals surface area contributed by atoms with Crippen LogP contribution in [0.15, 0.2) is 57.1 Å². The van der Waals surface area contributed by atoms with Gasteiger partial charge in [-0.3, -0.25) is 9.36 Å². The lowest BCUT2D eigenvalue weighted by Gasteiger charge is -2.07. The summed E-state index contributed by atoms with van der Waals surface area (Å²) in [6.45, 7) is 4.83. The molecule has 0 saturated carbocycles. The van der Waals surface area contributed by atoms with E-state index in [0.717, 1.165) is 21.7 Å². The molecule has 0 aliphatic heterocycles. The third-order valence-electron chi connectivity index (χ3n) is 3.95. The van der Waals surface area contributed by atoms with Crippen LogP contribution in [0.5, 0.6) is 0 Å². The summed E-state index contributed by atoms with van der Waals surface area (Å²) >= 11 is 2.68. The lowest BCUT2D eigenvalue weighted by Crippen LogP contribution is -2.26. The summed E-state index contributed by atoms with van der Waals surface area (Å²) in [5.74, 6) is 0.643. The zero-order valence-electron chi connectivity index (χ0n) is 14.6. The number of rotatable bonds is 7. The molecule has 0 saturated heterocycles. The second kappa shape index (κ2) is 7.96. The molecule has 8 heteroatoms. The Kier molecular flexibility index (Phi) is 5.86. The van der Waals surface area contributed by atoms with Gasteiger partial charge in [0.25, 0.3) is 0 Å². The normalized spacial score (nSPS) is 11.9. The van der Waals surface area contributed by atoms with Crippen LogP contribution >= 0.6 is 23.1 Å². The third kappa shape index (κ3) is 4.20. The quantitative estimate of drug-likeness (QED) is 0.480. The number of thiazole rings is 1. The molecule has 3 rings (SSSR count). The molecule has 138 valence electrons. The van der Waals surface area contributed by atoms with Crippen LogP contribution in [0.2, 0.25) is 0 Å². The van der Waals surface area contributed by atoms with E-state index < -0.39 is 10.0 Å². The van der Waals surface area contributed by atoms with E-state index in [1.54, 1.807) is 34.5 Å². The van der Waals surface area contributed by atoms with Gasteiger partial charge in [-0.1, -0.05) is 29.0 Å². The number of aromatic nitrogens is 1. The summed E-state index contributed by atoms with van der Waals surface area (Å²) in [5, 5.41) is 0. The van der Waals surface area contributed by atoms with Gasteiger partial charge in [0.2, 0.25) is 10.0 Å². The molecule has 3 aromatic rings. The van der Waals surface area contributed by atoms with Crippen LogP contribution < -0.4 is 9.60 Å². The third-order valence-corrected chi connectivity index (χ3v) is 7.36. The molecular formula is C18H20N2O3S3. The van der Waals surface area contributed by atoms with Crippen molar-refractivity contribution in [3.63, 3.8) is 0 Å². The van der Waals surface area contributed by atoms with Crippen LogP contribution in [0.4, 0.5) is 0 Å². The molecule has 26 heavy (non-hydrogen) atoms. The average molecular weight is 409 g/mol. The highest BCUT2D eigenvalue weighted by Gasteiger charge is 2.16. The van der Waals surface area contributed by atoms with Gasteiger partial charge in [0, 0.05) is 23.7 Å². The van der Waals surface area contributed by atoms with E-state index in [4.69, 9.17) is 0 Å². The first-order valence-electron chi connectivity index (χ1n) is 8.23. The van der Waals surface area contributed by atoms with E-state index in [1.165, 1.54) is 5.56 Å². The number of hydrogen-bond acceptors (Lipinski definition) is 5. The van der Waals surface area contributed by atoms with Gasteiger partial charge >= 0.3 is 4.87 Å². The van der Waals surface area contributed by atoms with Crippen molar-refractivity contribution in [2.45, 2.75) is 30.2 Å². The van der Waals surface area contributed by atoms with Crippen LogP contribution in [0.3, 0.4) is 0 Å². The van der Waals surface area contributed by atoms with Gasteiger partial charge in [0.15, 0.2) is 0 Å². The van der Waals surface area contributed by atoms with Gasteiger partial charge in [0.1, 0.15) is 0 Å². The average Bonchev–Trinajstić information content (AvgIpc) is 2.94. The Morgan fingerprint density at radius 2 is 1.88 bits per heavy atom. The van der Waals surface area contributed by atoms with Crippen molar-refractivity contribution in [1.29, 1.82) is 0 Å². The van der Waals surface area contributed by atoms with Gasteiger partial charge in [-0.15, -0.1) is 11.8 Å². The van der Waals surface area contributed by atoms with Crippen molar-refractivity contribution < 1.29 is 8.42 Å². The van der Waals surface area contributed by atoms with E-state index >= 15 is 0 Å². The molecule has 1 aromatic heterocycles. The molecule has 0 unspecified atom stereocenters. The van der Waals surface area contributed by atoms with E-state index in [2.05, 4.69) is 4.72 Å². The predicted molar refractivity (Wildman–Crippen MR) is 109 cm³/mol. The molecule has 0 fully saturated rings. The number of sulfonamides is 1. The zero-order valence-corrected chi connectivity index (χ0v) is 17.0. The molecular weight excluding hydrogens is 388 g/mol.